The van der Waals surface area contributed by atoms with Crippen molar-refractivity contribution in [2.24, 2.45) is 11.7 Å². The van der Waals surface area contributed by atoms with Crippen LogP contribution in [0.4, 0.5) is 0 Å². The zero-order chi connectivity index (χ0) is 14.9. The van der Waals surface area contributed by atoms with Crippen molar-refractivity contribution in [3.63, 3.8) is 0 Å². The molecule has 3 N–H and O–H groups in total. The number of nitrogens with two attached hydrogens (primary N) is 1. The lowest BCUT2D eigenvalue weighted by Crippen LogP contribution is -2.25. The van der Waals surface area contributed by atoms with Gasteiger partial charge in [0.1, 0.15) is 0 Å². The summed E-state index contributed by atoms with van der Waals surface area (Å²) in [5.74, 6) is 0.798. The van der Waals surface area contributed by atoms with Gasteiger partial charge in [0.05, 0.1) is 0 Å². The third-order valence-electron chi connectivity index (χ3n) is 4.39. The average molecular weight is 288 g/mol. The Labute approximate surface area is 128 Å². The average Bonchev–Trinajstić information content (AvgIpc) is 2.75. The lowest BCUT2D eigenvalue weighted by molar-refractivity contribution is -0.122. The third kappa shape index (κ3) is 5.88. The molecule has 0 bridgehead atoms. The Morgan fingerprint density at radius 1 is 1.05 bits per heavy atom. The van der Waals surface area contributed by atoms with E-state index in [-0.39, 0.29) is 5.91 Å². The molecule has 0 aromatic heterocycles. The first-order valence-corrected chi connectivity index (χ1v) is 8.32. The Hall–Kier alpha value is -1.35. The predicted octanol–water partition coefficient (Wildman–Crippen LogP) is 3.16. The predicted molar refractivity (Wildman–Crippen MR) is 86.9 cm³/mol. The van der Waals surface area contributed by atoms with Crippen LogP contribution in [0.2, 0.25) is 0 Å². The van der Waals surface area contributed by atoms with Crippen LogP contribution in [-0.2, 0) is 17.8 Å². The number of carbonyl (C=O) groups is 1. The van der Waals surface area contributed by atoms with Gasteiger partial charge in [-0.3, -0.25) is 4.79 Å². The number of hydrogen-bond acceptors (Lipinski definition) is 2. The molecule has 3 heteroatoms. The second kappa shape index (κ2) is 8.83. The fraction of sp³-hybridized carbons (Fsp3) is 0.611. The van der Waals surface area contributed by atoms with E-state index in [1.165, 1.54) is 44.1 Å². The standard InChI is InChI=1S/C18H28N2O/c19-12-11-15-7-9-17(10-8-15)14-20-18(21)13-16-5-3-1-2-4-6-16/h7-10,16H,1-6,11-14,19H2,(H,20,21). The van der Waals surface area contributed by atoms with Crippen LogP contribution < -0.4 is 11.1 Å². The topological polar surface area (TPSA) is 55.1 Å². The van der Waals surface area contributed by atoms with Crippen LogP contribution in [-0.4, -0.2) is 12.5 Å². The van der Waals surface area contributed by atoms with E-state index < -0.39 is 0 Å². The van der Waals surface area contributed by atoms with Crippen molar-refractivity contribution < 1.29 is 4.79 Å². The molecule has 1 aromatic rings. The second-order valence-corrected chi connectivity index (χ2v) is 6.19. The Kier molecular flexibility index (Phi) is 6.74. The Bertz CT molecular complexity index is 419. The lowest BCUT2D eigenvalue weighted by Gasteiger charge is -2.13. The summed E-state index contributed by atoms with van der Waals surface area (Å²) < 4.78 is 0. The van der Waals surface area contributed by atoms with Gasteiger partial charge in [0.2, 0.25) is 5.91 Å². The zero-order valence-corrected chi connectivity index (χ0v) is 12.9. The molecular formula is C18H28N2O. The maximum atomic E-state index is 12.0. The van der Waals surface area contributed by atoms with Gasteiger partial charge >= 0.3 is 0 Å². The van der Waals surface area contributed by atoms with Crippen molar-refractivity contribution >= 4 is 5.91 Å². The summed E-state index contributed by atoms with van der Waals surface area (Å²) in [6.07, 6.45) is 9.32. The van der Waals surface area contributed by atoms with Gasteiger partial charge in [-0.1, -0.05) is 49.9 Å². The molecule has 0 unspecified atom stereocenters. The van der Waals surface area contributed by atoms with Crippen molar-refractivity contribution in [3.05, 3.63) is 35.4 Å². The van der Waals surface area contributed by atoms with Gasteiger partial charge in [-0.15, -0.1) is 0 Å². The lowest BCUT2D eigenvalue weighted by atomic mass is 9.96. The summed E-state index contributed by atoms with van der Waals surface area (Å²) in [7, 11) is 0. The third-order valence-corrected chi connectivity index (χ3v) is 4.39. The van der Waals surface area contributed by atoms with E-state index in [9.17, 15) is 4.79 Å². The fourth-order valence-corrected chi connectivity index (χ4v) is 3.09. The van der Waals surface area contributed by atoms with Gasteiger partial charge in [0.25, 0.3) is 0 Å². The maximum absolute atomic E-state index is 12.0. The molecular weight excluding hydrogens is 260 g/mol. The monoisotopic (exact) mass is 288 g/mol. The highest BCUT2D eigenvalue weighted by molar-refractivity contribution is 5.76. The second-order valence-electron chi connectivity index (χ2n) is 6.19. The quantitative estimate of drug-likeness (QED) is 0.790. The molecule has 21 heavy (non-hydrogen) atoms. The number of benzene rings is 1. The van der Waals surface area contributed by atoms with Crippen LogP contribution in [0, 0.1) is 5.92 Å². The first-order chi connectivity index (χ1) is 10.3. The number of amides is 1. The van der Waals surface area contributed by atoms with Gasteiger partial charge in [-0.2, -0.15) is 0 Å². The van der Waals surface area contributed by atoms with Crippen LogP contribution >= 0.6 is 0 Å². The SMILES string of the molecule is NCCc1ccc(CNC(=O)CC2CCCCCC2)cc1. The molecule has 1 amide bonds. The highest BCUT2D eigenvalue weighted by Gasteiger charge is 2.15. The molecule has 0 radical (unpaired) electrons. The molecule has 0 saturated heterocycles. The van der Waals surface area contributed by atoms with Crippen LogP contribution in [0.15, 0.2) is 24.3 Å². The molecule has 1 saturated carbocycles. The Morgan fingerprint density at radius 3 is 2.29 bits per heavy atom. The normalized spacial score (nSPS) is 16.4. The van der Waals surface area contributed by atoms with Crippen molar-refractivity contribution in [2.45, 2.75) is 57.9 Å². The van der Waals surface area contributed by atoms with Crippen molar-refractivity contribution in [1.82, 2.24) is 5.32 Å². The molecule has 0 atom stereocenters. The summed E-state index contributed by atoms with van der Waals surface area (Å²) >= 11 is 0. The smallest absolute Gasteiger partial charge is 0.220 e. The molecule has 0 spiro atoms. The van der Waals surface area contributed by atoms with E-state index in [1.807, 2.05) is 0 Å². The van der Waals surface area contributed by atoms with E-state index in [0.29, 0.717) is 25.4 Å². The van der Waals surface area contributed by atoms with Gasteiger partial charge in [-0.25, -0.2) is 0 Å². The minimum absolute atomic E-state index is 0.202. The van der Waals surface area contributed by atoms with Gasteiger partial charge in [-0.05, 0) is 42.9 Å². The van der Waals surface area contributed by atoms with E-state index in [2.05, 4.69) is 29.6 Å². The molecule has 2 rings (SSSR count). The minimum atomic E-state index is 0.202. The summed E-state index contributed by atoms with van der Waals surface area (Å²) in [4.78, 5) is 12.0. The fourth-order valence-electron chi connectivity index (χ4n) is 3.09. The molecule has 0 heterocycles. The first kappa shape index (κ1) is 16.0. The van der Waals surface area contributed by atoms with Crippen molar-refractivity contribution in [1.29, 1.82) is 0 Å². The largest absolute Gasteiger partial charge is 0.352 e. The molecule has 1 fully saturated rings. The summed E-state index contributed by atoms with van der Waals surface area (Å²) in [6, 6.07) is 8.35. The molecule has 3 nitrogen and oxygen atoms in total. The molecule has 0 aliphatic heterocycles. The van der Waals surface area contributed by atoms with E-state index in [4.69, 9.17) is 5.73 Å². The van der Waals surface area contributed by atoms with Gasteiger partial charge in [0.15, 0.2) is 0 Å². The molecule has 1 aromatic carbocycles. The van der Waals surface area contributed by atoms with Crippen molar-refractivity contribution in [3.8, 4) is 0 Å². The van der Waals surface area contributed by atoms with Crippen LogP contribution in [0.25, 0.3) is 0 Å². The minimum Gasteiger partial charge on any atom is -0.352 e. The van der Waals surface area contributed by atoms with Gasteiger partial charge < -0.3 is 11.1 Å². The number of hydrogen-bond donors (Lipinski definition) is 2. The number of rotatable bonds is 6. The Morgan fingerprint density at radius 2 is 1.67 bits per heavy atom. The zero-order valence-electron chi connectivity index (χ0n) is 12.9. The summed E-state index contributed by atoms with van der Waals surface area (Å²) in [5.41, 5.74) is 7.95. The van der Waals surface area contributed by atoms with Gasteiger partial charge in [0, 0.05) is 13.0 Å². The highest BCUT2D eigenvalue weighted by Crippen LogP contribution is 2.25. The molecule has 1 aliphatic rings. The number of nitrogens with one attached hydrogen (secondary N) is 1. The van der Waals surface area contributed by atoms with Crippen molar-refractivity contribution in [2.75, 3.05) is 6.54 Å². The van der Waals surface area contributed by atoms with E-state index in [1.54, 1.807) is 0 Å². The van der Waals surface area contributed by atoms with Crippen LogP contribution in [0.3, 0.4) is 0 Å². The Balaban J connectivity index is 1.72. The first-order valence-electron chi connectivity index (χ1n) is 8.32. The summed E-state index contributed by atoms with van der Waals surface area (Å²) in [5, 5.41) is 3.05. The molecule has 116 valence electrons. The highest BCUT2D eigenvalue weighted by atomic mass is 16.1. The van der Waals surface area contributed by atoms with E-state index in [0.717, 1.165) is 12.0 Å². The van der Waals surface area contributed by atoms with Crippen LogP contribution in [0.1, 0.15) is 56.1 Å². The number of carbonyl (C=O) groups excluding carboxylic acids is 1. The van der Waals surface area contributed by atoms with E-state index >= 15 is 0 Å². The maximum Gasteiger partial charge on any atom is 0.220 e. The van der Waals surface area contributed by atoms with Crippen LogP contribution in [0.5, 0.6) is 0 Å². The summed E-state index contributed by atoms with van der Waals surface area (Å²) in [6.45, 7) is 1.31. The molecule has 1 aliphatic carbocycles.